The topological polar surface area (TPSA) is 30.5 Å². The molecule has 0 aliphatic carbocycles. The number of rotatable bonds is 5. The number of methoxy groups -OCH3 is 2. The van der Waals surface area contributed by atoms with Crippen LogP contribution in [0.3, 0.4) is 0 Å². The van der Waals surface area contributed by atoms with Crippen LogP contribution in [0.5, 0.6) is 11.5 Å². The van der Waals surface area contributed by atoms with E-state index in [9.17, 15) is 4.39 Å². The predicted molar refractivity (Wildman–Crippen MR) is 84.5 cm³/mol. The Morgan fingerprint density at radius 3 is 2.33 bits per heavy atom. The van der Waals surface area contributed by atoms with E-state index in [2.05, 4.69) is 21.2 Å². The molecule has 2 aromatic rings. The monoisotopic (exact) mass is 353 g/mol. The third kappa shape index (κ3) is 3.36. The van der Waals surface area contributed by atoms with Gasteiger partial charge in [-0.3, -0.25) is 0 Å². The molecule has 0 spiro atoms. The van der Waals surface area contributed by atoms with Crippen molar-refractivity contribution in [2.45, 2.75) is 6.04 Å². The Balaban J connectivity index is 2.50. The van der Waals surface area contributed by atoms with Gasteiger partial charge in [0.25, 0.3) is 0 Å². The van der Waals surface area contributed by atoms with E-state index in [1.807, 2.05) is 18.2 Å². The minimum atomic E-state index is -0.307. The van der Waals surface area contributed by atoms with Crippen molar-refractivity contribution < 1.29 is 13.9 Å². The summed E-state index contributed by atoms with van der Waals surface area (Å²) in [5.74, 6) is 1.07. The summed E-state index contributed by atoms with van der Waals surface area (Å²) in [5.41, 5.74) is 1.41. The highest BCUT2D eigenvalue weighted by Gasteiger charge is 2.20. The molecular weight excluding hydrogens is 337 g/mol. The quantitative estimate of drug-likeness (QED) is 0.883. The molecule has 0 aliphatic rings. The van der Waals surface area contributed by atoms with Crippen LogP contribution in [-0.4, -0.2) is 21.3 Å². The third-order valence-electron chi connectivity index (χ3n) is 3.31. The molecule has 21 heavy (non-hydrogen) atoms. The van der Waals surface area contributed by atoms with Gasteiger partial charge in [0.2, 0.25) is 0 Å². The van der Waals surface area contributed by atoms with Crippen LogP contribution in [0.15, 0.2) is 40.9 Å². The van der Waals surface area contributed by atoms with Crippen molar-refractivity contribution in [3.63, 3.8) is 0 Å². The summed E-state index contributed by atoms with van der Waals surface area (Å²) in [7, 11) is 4.97. The van der Waals surface area contributed by atoms with E-state index in [4.69, 9.17) is 9.47 Å². The molecule has 112 valence electrons. The maximum absolute atomic E-state index is 14.2. The van der Waals surface area contributed by atoms with Gasteiger partial charge in [-0.2, -0.15) is 0 Å². The van der Waals surface area contributed by atoms with Gasteiger partial charge in [-0.15, -0.1) is 0 Å². The Morgan fingerprint density at radius 2 is 1.76 bits per heavy atom. The van der Waals surface area contributed by atoms with E-state index in [0.29, 0.717) is 21.5 Å². The summed E-state index contributed by atoms with van der Waals surface area (Å²) in [6.45, 7) is 0. The molecule has 0 saturated heterocycles. The largest absolute Gasteiger partial charge is 0.497 e. The molecule has 0 aliphatic heterocycles. The van der Waals surface area contributed by atoms with E-state index in [1.165, 1.54) is 6.07 Å². The van der Waals surface area contributed by atoms with Gasteiger partial charge >= 0.3 is 0 Å². The van der Waals surface area contributed by atoms with Crippen molar-refractivity contribution in [3.8, 4) is 11.5 Å². The first-order valence-electron chi connectivity index (χ1n) is 6.44. The fourth-order valence-electron chi connectivity index (χ4n) is 2.27. The Bertz CT molecular complexity index is 634. The van der Waals surface area contributed by atoms with Gasteiger partial charge in [-0.05, 0) is 31.3 Å². The zero-order valence-electron chi connectivity index (χ0n) is 12.1. The molecule has 0 fully saturated rings. The first-order chi connectivity index (χ1) is 10.1. The van der Waals surface area contributed by atoms with E-state index in [0.717, 1.165) is 5.56 Å². The van der Waals surface area contributed by atoms with Crippen molar-refractivity contribution in [1.29, 1.82) is 0 Å². The number of ether oxygens (including phenoxy) is 2. The minimum absolute atomic E-state index is 0.276. The van der Waals surface area contributed by atoms with Crippen LogP contribution in [0.25, 0.3) is 0 Å². The molecule has 0 amide bonds. The van der Waals surface area contributed by atoms with Gasteiger partial charge in [0, 0.05) is 21.7 Å². The highest BCUT2D eigenvalue weighted by Crippen LogP contribution is 2.34. The van der Waals surface area contributed by atoms with Crippen LogP contribution in [0.1, 0.15) is 17.2 Å². The maximum atomic E-state index is 14.2. The summed E-state index contributed by atoms with van der Waals surface area (Å²) in [5, 5.41) is 3.13. The van der Waals surface area contributed by atoms with Crippen molar-refractivity contribution in [1.82, 2.24) is 5.32 Å². The highest BCUT2D eigenvalue weighted by atomic mass is 79.9. The molecule has 0 aromatic heterocycles. The number of hydrogen-bond donors (Lipinski definition) is 1. The van der Waals surface area contributed by atoms with Crippen LogP contribution >= 0.6 is 15.9 Å². The van der Waals surface area contributed by atoms with E-state index in [-0.39, 0.29) is 11.9 Å². The molecule has 5 heteroatoms. The van der Waals surface area contributed by atoms with Gasteiger partial charge in [0.15, 0.2) is 0 Å². The molecule has 0 saturated carbocycles. The van der Waals surface area contributed by atoms with Gasteiger partial charge in [0.05, 0.1) is 20.3 Å². The Kier molecular flexibility index (Phi) is 5.20. The van der Waals surface area contributed by atoms with E-state index in [1.54, 1.807) is 33.4 Å². The number of halogens is 2. The molecule has 3 nitrogen and oxygen atoms in total. The lowest BCUT2D eigenvalue weighted by atomic mass is 9.97. The fourth-order valence-corrected chi connectivity index (χ4v) is 2.60. The SMILES string of the molecule is CNC(c1ccc(Br)cc1F)c1ccc(OC)cc1OC. The van der Waals surface area contributed by atoms with Crippen LogP contribution < -0.4 is 14.8 Å². The summed E-state index contributed by atoms with van der Waals surface area (Å²) in [4.78, 5) is 0. The van der Waals surface area contributed by atoms with Crippen LogP contribution in [-0.2, 0) is 0 Å². The van der Waals surface area contributed by atoms with Gasteiger partial charge in [-0.1, -0.05) is 22.0 Å². The molecule has 1 atom stereocenters. The molecular formula is C16H17BrFNO2. The second-order valence-corrected chi connectivity index (χ2v) is 5.41. The van der Waals surface area contributed by atoms with Gasteiger partial charge < -0.3 is 14.8 Å². The molecule has 0 radical (unpaired) electrons. The normalized spacial score (nSPS) is 12.0. The second kappa shape index (κ2) is 6.91. The Morgan fingerprint density at radius 1 is 1.05 bits per heavy atom. The second-order valence-electron chi connectivity index (χ2n) is 4.50. The molecule has 0 heterocycles. The highest BCUT2D eigenvalue weighted by molar-refractivity contribution is 9.10. The van der Waals surface area contributed by atoms with E-state index >= 15 is 0 Å². The lowest BCUT2D eigenvalue weighted by Gasteiger charge is -2.21. The van der Waals surface area contributed by atoms with Crippen LogP contribution in [0.2, 0.25) is 0 Å². The van der Waals surface area contributed by atoms with E-state index < -0.39 is 0 Å². The predicted octanol–water partition coefficient (Wildman–Crippen LogP) is 3.91. The first kappa shape index (κ1) is 15.8. The maximum Gasteiger partial charge on any atom is 0.129 e. The van der Waals surface area contributed by atoms with Crippen molar-refractivity contribution in [2.24, 2.45) is 0 Å². The summed E-state index contributed by atoms with van der Waals surface area (Å²) >= 11 is 3.27. The molecule has 0 bridgehead atoms. The van der Waals surface area contributed by atoms with Crippen molar-refractivity contribution >= 4 is 15.9 Å². The minimum Gasteiger partial charge on any atom is -0.497 e. The standard InChI is InChI=1S/C16H17BrFNO2/c1-19-16(12-6-4-10(17)8-14(12)18)13-7-5-11(20-2)9-15(13)21-3/h4-9,16,19H,1-3H3. The fraction of sp³-hybridized carbons (Fsp3) is 0.250. The molecule has 2 rings (SSSR count). The third-order valence-corrected chi connectivity index (χ3v) is 3.81. The summed E-state index contributed by atoms with van der Waals surface area (Å²) in [6, 6.07) is 10.2. The molecule has 1 unspecified atom stereocenters. The lowest BCUT2D eigenvalue weighted by Crippen LogP contribution is -2.19. The van der Waals surface area contributed by atoms with Crippen LogP contribution in [0.4, 0.5) is 4.39 Å². The molecule has 1 N–H and O–H groups in total. The first-order valence-corrected chi connectivity index (χ1v) is 7.24. The number of benzene rings is 2. The zero-order valence-corrected chi connectivity index (χ0v) is 13.7. The Labute approximate surface area is 132 Å². The average Bonchev–Trinajstić information content (AvgIpc) is 2.50. The van der Waals surface area contributed by atoms with Gasteiger partial charge in [0.1, 0.15) is 17.3 Å². The van der Waals surface area contributed by atoms with Crippen molar-refractivity contribution in [3.05, 3.63) is 57.8 Å². The lowest BCUT2D eigenvalue weighted by molar-refractivity contribution is 0.388. The smallest absolute Gasteiger partial charge is 0.129 e. The summed E-state index contributed by atoms with van der Waals surface area (Å²) < 4.78 is 25.5. The summed E-state index contributed by atoms with van der Waals surface area (Å²) in [6.07, 6.45) is 0. The number of hydrogen-bond acceptors (Lipinski definition) is 3. The Hall–Kier alpha value is -1.59. The number of nitrogens with one attached hydrogen (secondary N) is 1. The molecule has 2 aromatic carbocycles. The van der Waals surface area contributed by atoms with Gasteiger partial charge in [-0.25, -0.2) is 4.39 Å². The zero-order chi connectivity index (χ0) is 15.4. The van der Waals surface area contributed by atoms with Crippen LogP contribution in [0, 0.1) is 5.82 Å². The average molecular weight is 354 g/mol. The van der Waals surface area contributed by atoms with Crippen molar-refractivity contribution in [2.75, 3.05) is 21.3 Å².